The first-order valence-corrected chi connectivity index (χ1v) is 12.0. The topological polar surface area (TPSA) is 84.0 Å². The van der Waals surface area contributed by atoms with E-state index in [1.165, 1.54) is 23.5 Å². The highest BCUT2D eigenvalue weighted by Crippen LogP contribution is 2.28. The van der Waals surface area contributed by atoms with Crippen LogP contribution in [0.25, 0.3) is 10.6 Å². The average molecular weight is 532 g/mol. The molecule has 0 unspecified atom stereocenters. The molecule has 10 heteroatoms. The van der Waals surface area contributed by atoms with Crippen LogP contribution >= 0.6 is 46.1 Å². The number of amides is 2. The molecule has 0 spiro atoms. The largest absolute Gasteiger partial charge is 0.340 e. The zero-order chi connectivity index (χ0) is 24.1. The molecule has 1 aromatic heterocycles. The van der Waals surface area contributed by atoms with Gasteiger partial charge >= 0.3 is 0 Å². The lowest BCUT2D eigenvalue weighted by Gasteiger charge is -2.18. The number of hydrogen-bond acceptors (Lipinski definition) is 5. The van der Waals surface area contributed by atoms with Gasteiger partial charge in [-0.05, 0) is 35.9 Å². The Morgan fingerprint density at radius 2 is 1.68 bits per heavy atom. The first-order valence-electron chi connectivity index (χ1n) is 10.1. The predicted molar refractivity (Wildman–Crippen MR) is 137 cm³/mol. The van der Waals surface area contributed by atoms with Crippen LogP contribution in [-0.4, -0.2) is 28.1 Å². The Morgan fingerprint density at radius 1 is 0.882 bits per heavy atom. The van der Waals surface area contributed by atoms with Crippen molar-refractivity contribution in [3.8, 4) is 10.6 Å². The number of carbonyl (C=O) groups is 2. The highest BCUT2D eigenvalue weighted by Gasteiger charge is 2.24. The zero-order valence-electron chi connectivity index (χ0n) is 17.5. The van der Waals surface area contributed by atoms with E-state index in [4.69, 9.17) is 34.8 Å². The maximum atomic E-state index is 13.1. The molecule has 2 N–H and O–H groups in total. The number of carbonyl (C=O) groups excluding carboxylic acids is 2. The van der Waals surface area contributed by atoms with Gasteiger partial charge in [0.1, 0.15) is 11.0 Å². The summed E-state index contributed by atoms with van der Waals surface area (Å²) in [4.78, 5) is 26.0. The maximum absolute atomic E-state index is 13.1. The van der Waals surface area contributed by atoms with Crippen molar-refractivity contribution in [1.29, 1.82) is 0 Å². The second kappa shape index (κ2) is 11.0. The van der Waals surface area contributed by atoms with Gasteiger partial charge in [-0.25, -0.2) is 0 Å². The van der Waals surface area contributed by atoms with Crippen LogP contribution in [0.4, 0.5) is 5.13 Å². The van der Waals surface area contributed by atoms with Crippen molar-refractivity contribution in [2.45, 2.75) is 12.5 Å². The van der Waals surface area contributed by atoms with Crippen LogP contribution in [0, 0.1) is 0 Å². The van der Waals surface area contributed by atoms with Gasteiger partial charge < -0.3 is 5.32 Å². The molecule has 0 aliphatic rings. The van der Waals surface area contributed by atoms with Gasteiger partial charge in [0, 0.05) is 22.6 Å². The van der Waals surface area contributed by atoms with Crippen LogP contribution in [-0.2, 0) is 11.2 Å². The molecule has 1 heterocycles. The number of rotatable bonds is 7. The lowest BCUT2D eigenvalue weighted by molar-refractivity contribution is -0.118. The van der Waals surface area contributed by atoms with E-state index in [2.05, 4.69) is 20.8 Å². The van der Waals surface area contributed by atoms with Crippen LogP contribution in [0.3, 0.4) is 0 Å². The number of halogens is 3. The minimum absolute atomic E-state index is 0.251. The summed E-state index contributed by atoms with van der Waals surface area (Å²) >= 11 is 19.3. The van der Waals surface area contributed by atoms with Crippen molar-refractivity contribution >= 4 is 63.1 Å². The summed E-state index contributed by atoms with van der Waals surface area (Å²) < 4.78 is 0. The minimum atomic E-state index is -0.872. The second-order valence-corrected chi connectivity index (χ2v) is 9.48. The van der Waals surface area contributed by atoms with Gasteiger partial charge in [-0.3, -0.25) is 14.9 Å². The molecule has 4 rings (SSSR count). The smallest absolute Gasteiger partial charge is 0.251 e. The molecule has 172 valence electrons. The number of anilines is 1. The zero-order valence-corrected chi connectivity index (χ0v) is 20.6. The molecule has 4 aromatic rings. The molecule has 0 bridgehead atoms. The molecular weight excluding hydrogens is 515 g/mol. The molecule has 1 atom stereocenters. The lowest BCUT2D eigenvalue weighted by atomic mass is 10.0. The molecular formula is C24H17Cl3N4O2S. The fourth-order valence-corrected chi connectivity index (χ4v) is 4.37. The van der Waals surface area contributed by atoms with E-state index in [0.717, 1.165) is 11.1 Å². The second-order valence-electron chi connectivity index (χ2n) is 7.26. The lowest BCUT2D eigenvalue weighted by Crippen LogP contribution is -2.45. The Hall–Kier alpha value is -2.97. The summed E-state index contributed by atoms with van der Waals surface area (Å²) in [6.07, 6.45) is 0.277. The van der Waals surface area contributed by atoms with E-state index in [9.17, 15) is 9.59 Å². The molecule has 2 amide bonds. The highest BCUT2D eigenvalue weighted by atomic mass is 35.5. The number of nitrogens with one attached hydrogen (secondary N) is 2. The average Bonchev–Trinajstić information content (AvgIpc) is 3.29. The molecule has 0 saturated carbocycles. The Kier molecular flexibility index (Phi) is 7.80. The Labute approximate surface area is 214 Å². The summed E-state index contributed by atoms with van der Waals surface area (Å²) in [5.74, 6) is -0.877. The van der Waals surface area contributed by atoms with Crippen LogP contribution in [0.15, 0.2) is 72.8 Å². The first-order chi connectivity index (χ1) is 16.4. The summed E-state index contributed by atoms with van der Waals surface area (Å²) in [7, 11) is 0. The molecule has 0 saturated heterocycles. The quantitative estimate of drug-likeness (QED) is 0.300. The monoisotopic (exact) mass is 530 g/mol. The van der Waals surface area contributed by atoms with Gasteiger partial charge in [0.25, 0.3) is 5.91 Å². The summed E-state index contributed by atoms with van der Waals surface area (Å²) in [6.45, 7) is 0. The van der Waals surface area contributed by atoms with Crippen molar-refractivity contribution < 1.29 is 9.59 Å². The number of hydrogen-bond donors (Lipinski definition) is 2. The normalized spacial score (nSPS) is 11.6. The SMILES string of the molecule is O=C(N[C@H](Cc1ccccc1)C(=O)Nc1nnc(-c2cccc(Cl)c2)s1)c1ccc(Cl)c(Cl)c1. The third kappa shape index (κ3) is 6.12. The van der Waals surface area contributed by atoms with Gasteiger partial charge in [0.05, 0.1) is 10.0 Å². The molecule has 6 nitrogen and oxygen atoms in total. The predicted octanol–water partition coefficient (Wildman–Crippen LogP) is 6.15. The van der Waals surface area contributed by atoms with E-state index in [1.54, 1.807) is 18.2 Å². The maximum Gasteiger partial charge on any atom is 0.251 e. The van der Waals surface area contributed by atoms with E-state index in [-0.39, 0.29) is 11.4 Å². The Balaban J connectivity index is 1.53. The van der Waals surface area contributed by atoms with Gasteiger partial charge in [0.2, 0.25) is 11.0 Å². The van der Waals surface area contributed by atoms with E-state index in [0.29, 0.717) is 25.7 Å². The number of aromatic nitrogens is 2. The molecule has 0 aliphatic heterocycles. The Bertz CT molecular complexity index is 1330. The summed E-state index contributed by atoms with van der Waals surface area (Å²) in [5.41, 5.74) is 1.97. The third-order valence-corrected chi connectivity index (χ3v) is 6.67. The van der Waals surface area contributed by atoms with E-state index in [1.807, 2.05) is 42.5 Å². The minimum Gasteiger partial charge on any atom is -0.340 e. The van der Waals surface area contributed by atoms with Crippen LogP contribution in [0.2, 0.25) is 15.1 Å². The number of benzene rings is 3. The standard InChI is InChI=1S/C24H17Cl3N4O2S/c25-17-8-4-7-16(12-17)23-30-31-24(34-23)29-22(33)20(11-14-5-2-1-3-6-14)28-21(32)15-9-10-18(26)19(27)13-15/h1-10,12-13,20H,11H2,(H,28,32)(H,29,31,33)/t20-/m1/s1. The Morgan fingerprint density at radius 3 is 2.41 bits per heavy atom. The van der Waals surface area contributed by atoms with Crippen LogP contribution < -0.4 is 10.6 Å². The summed E-state index contributed by atoms with van der Waals surface area (Å²) in [5, 5.41) is 15.8. The van der Waals surface area contributed by atoms with Crippen molar-refractivity contribution in [2.75, 3.05) is 5.32 Å². The third-order valence-electron chi connectivity index (χ3n) is 4.81. The molecule has 3 aromatic carbocycles. The molecule has 0 fully saturated rings. The van der Waals surface area contributed by atoms with Gasteiger partial charge in [-0.15, -0.1) is 10.2 Å². The van der Waals surface area contributed by atoms with Crippen LogP contribution in [0.1, 0.15) is 15.9 Å². The van der Waals surface area contributed by atoms with Gasteiger partial charge in [-0.2, -0.15) is 0 Å². The van der Waals surface area contributed by atoms with Crippen molar-refractivity contribution in [1.82, 2.24) is 15.5 Å². The number of nitrogens with zero attached hydrogens (tertiary/aromatic N) is 2. The fourth-order valence-electron chi connectivity index (χ4n) is 3.14. The van der Waals surface area contributed by atoms with E-state index >= 15 is 0 Å². The van der Waals surface area contributed by atoms with Crippen molar-refractivity contribution in [2.24, 2.45) is 0 Å². The van der Waals surface area contributed by atoms with Crippen molar-refractivity contribution in [3.05, 3.63) is 99.0 Å². The van der Waals surface area contributed by atoms with Crippen LogP contribution in [0.5, 0.6) is 0 Å². The molecule has 0 radical (unpaired) electrons. The summed E-state index contributed by atoms with van der Waals surface area (Å²) in [6, 6.07) is 20.2. The molecule has 0 aliphatic carbocycles. The first kappa shape index (κ1) is 24.2. The molecule has 34 heavy (non-hydrogen) atoms. The van der Waals surface area contributed by atoms with Gasteiger partial charge in [-0.1, -0.05) is 88.6 Å². The fraction of sp³-hybridized carbons (Fsp3) is 0.0833. The van der Waals surface area contributed by atoms with Gasteiger partial charge in [0.15, 0.2) is 0 Å². The van der Waals surface area contributed by atoms with E-state index < -0.39 is 17.9 Å². The van der Waals surface area contributed by atoms with Crippen molar-refractivity contribution in [3.63, 3.8) is 0 Å². The highest BCUT2D eigenvalue weighted by molar-refractivity contribution is 7.18.